The fraction of sp³-hybridized carbons (Fsp3) is 0.533. The third-order valence-electron chi connectivity index (χ3n) is 3.38. The van der Waals surface area contributed by atoms with Gasteiger partial charge in [-0.15, -0.1) is 0 Å². The number of aliphatic carboxylic acids is 1. The van der Waals surface area contributed by atoms with Gasteiger partial charge in [0.1, 0.15) is 5.54 Å². The number of hydrogen-bond acceptors (Lipinski definition) is 3. The second kappa shape index (κ2) is 7.26. The standard InChI is InChI=1S/C15H23NO3/c1-3-4-10-15(2,14(18)19)16-13(11-17)12-8-6-5-7-9-12/h5-9,13,16-17H,3-4,10-11H2,1-2H3,(H,18,19)/t13-,15+/m0/s1. The molecular formula is C15H23NO3. The highest BCUT2D eigenvalue weighted by Gasteiger charge is 2.34. The lowest BCUT2D eigenvalue weighted by atomic mass is 9.92. The maximum Gasteiger partial charge on any atom is 0.323 e. The molecule has 0 radical (unpaired) electrons. The minimum atomic E-state index is -1.01. The highest BCUT2D eigenvalue weighted by molar-refractivity contribution is 5.78. The Morgan fingerprint density at radius 1 is 1.37 bits per heavy atom. The summed E-state index contributed by atoms with van der Waals surface area (Å²) >= 11 is 0. The van der Waals surface area contributed by atoms with Crippen LogP contribution in [0.1, 0.15) is 44.7 Å². The molecule has 0 spiro atoms. The van der Waals surface area contributed by atoms with Gasteiger partial charge in [-0.2, -0.15) is 0 Å². The number of benzene rings is 1. The van der Waals surface area contributed by atoms with Gasteiger partial charge in [-0.25, -0.2) is 0 Å². The lowest BCUT2D eigenvalue weighted by Gasteiger charge is -2.31. The van der Waals surface area contributed by atoms with Crippen LogP contribution in [-0.2, 0) is 4.79 Å². The molecule has 0 heterocycles. The van der Waals surface area contributed by atoms with Crippen LogP contribution in [0.2, 0.25) is 0 Å². The van der Waals surface area contributed by atoms with Crippen molar-refractivity contribution in [3.63, 3.8) is 0 Å². The van der Waals surface area contributed by atoms with Gasteiger partial charge in [-0.05, 0) is 18.9 Å². The van der Waals surface area contributed by atoms with E-state index >= 15 is 0 Å². The minimum absolute atomic E-state index is 0.126. The maximum atomic E-state index is 11.5. The summed E-state index contributed by atoms with van der Waals surface area (Å²) in [5.74, 6) is -0.879. The van der Waals surface area contributed by atoms with Gasteiger partial charge < -0.3 is 10.2 Å². The average Bonchev–Trinajstić information content (AvgIpc) is 2.43. The number of rotatable bonds is 8. The summed E-state index contributed by atoms with van der Waals surface area (Å²) in [7, 11) is 0. The van der Waals surface area contributed by atoms with Crippen molar-refractivity contribution >= 4 is 5.97 Å². The van der Waals surface area contributed by atoms with E-state index in [1.165, 1.54) is 0 Å². The molecule has 0 aliphatic heterocycles. The predicted molar refractivity (Wildman–Crippen MR) is 75.0 cm³/mol. The van der Waals surface area contributed by atoms with Crippen molar-refractivity contribution in [2.75, 3.05) is 6.61 Å². The first-order chi connectivity index (χ1) is 9.03. The lowest BCUT2D eigenvalue weighted by Crippen LogP contribution is -2.51. The van der Waals surface area contributed by atoms with Gasteiger partial charge in [0, 0.05) is 0 Å². The molecule has 2 atom stereocenters. The number of nitrogens with one attached hydrogen (secondary N) is 1. The van der Waals surface area contributed by atoms with Crippen LogP contribution in [0, 0.1) is 0 Å². The lowest BCUT2D eigenvalue weighted by molar-refractivity contribution is -0.145. The van der Waals surface area contributed by atoms with Crippen molar-refractivity contribution in [3.8, 4) is 0 Å². The summed E-state index contributed by atoms with van der Waals surface area (Å²) in [6, 6.07) is 9.06. The van der Waals surface area contributed by atoms with Crippen molar-refractivity contribution in [3.05, 3.63) is 35.9 Å². The van der Waals surface area contributed by atoms with Crippen LogP contribution in [-0.4, -0.2) is 28.3 Å². The summed E-state index contributed by atoms with van der Waals surface area (Å²) in [5.41, 5.74) is -0.117. The molecule has 19 heavy (non-hydrogen) atoms. The second-order valence-corrected chi connectivity index (χ2v) is 5.03. The molecule has 0 aliphatic carbocycles. The zero-order chi connectivity index (χ0) is 14.3. The van der Waals surface area contributed by atoms with Gasteiger partial charge in [0.2, 0.25) is 0 Å². The molecule has 0 aliphatic rings. The largest absolute Gasteiger partial charge is 0.480 e. The van der Waals surface area contributed by atoms with Crippen LogP contribution in [0.3, 0.4) is 0 Å². The number of carboxylic acid groups (broad SMARTS) is 1. The Balaban J connectivity index is 2.84. The van der Waals surface area contributed by atoms with Crippen molar-refractivity contribution in [1.82, 2.24) is 5.32 Å². The van der Waals surface area contributed by atoms with Gasteiger partial charge in [0.15, 0.2) is 0 Å². The Hall–Kier alpha value is -1.39. The molecule has 0 saturated carbocycles. The van der Waals surface area contributed by atoms with Crippen LogP contribution in [0.25, 0.3) is 0 Å². The molecule has 0 aromatic heterocycles. The molecular weight excluding hydrogens is 242 g/mol. The predicted octanol–water partition coefficient (Wildman–Crippen LogP) is 2.34. The summed E-state index contributed by atoms with van der Waals surface area (Å²) in [6.45, 7) is 3.58. The molecule has 1 rings (SSSR count). The van der Waals surface area contributed by atoms with Crippen LogP contribution in [0.15, 0.2) is 30.3 Å². The molecule has 3 N–H and O–H groups in total. The Kier molecular flexibility index (Phi) is 5.99. The van der Waals surface area contributed by atoms with Crippen LogP contribution < -0.4 is 5.32 Å². The van der Waals surface area contributed by atoms with Crippen molar-refractivity contribution in [1.29, 1.82) is 0 Å². The monoisotopic (exact) mass is 265 g/mol. The molecule has 0 bridgehead atoms. The van der Waals surface area contributed by atoms with Gasteiger partial charge in [-0.1, -0.05) is 50.1 Å². The van der Waals surface area contributed by atoms with E-state index in [0.29, 0.717) is 6.42 Å². The molecule has 4 heteroatoms. The Labute approximate surface area is 114 Å². The Bertz CT molecular complexity index is 394. The number of aliphatic hydroxyl groups is 1. The van der Waals surface area contributed by atoms with Gasteiger partial charge in [-0.3, -0.25) is 10.1 Å². The SMILES string of the molecule is CCCC[C@@](C)(N[C@@H](CO)c1ccccc1)C(=O)O. The Morgan fingerprint density at radius 3 is 2.47 bits per heavy atom. The third-order valence-corrected chi connectivity index (χ3v) is 3.38. The summed E-state index contributed by atoms with van der Waals surface area (Å²) < 4.78 is 0. The van der Waals surface area contributed by atoms with E-state index in [-0.39, 0.29) is 12.6 Å². The van der Waals surface area contributed by atoms with E-state index in [2.05, 4.69) is 5.32 Å². The third kappa shape index (κ3) is 4.33. The van der Waals surface area contributed by atoms with E-state index < -0.39 is 11.5 Å². The fourth-order valence-electron chi connectivity index (χ4n) is 2.08. The maximum absolute atomic E-state index is 11.5. The highest BCUT2D eigenvalue weighted by Crippen LogP contribution is 2.21. The number of carboxylic acids is 1. The first-order valence-corrected chi connectivity index (χ1v) is 6.70. The molecule has 1 aromatic rings. The zero-order valence-electron chi connectivity index (χ0n) is 11.6. The minimum Gasteiger partial charge on any atom is -0.480 e. The van der Waals surface area contributed by atoms with Crippen molar-refractivity contribution < 1.29 is 15.0 Å². The normalized spacial score (nSPS) is 15.7. The molecule has 106 valence electrons. The van der Waals surface area contributed by atoms with Gasteiger partial charge >= 0.3 is 5.97 Å². The van der Waals surface area contributed by atoms with Gasteiger partial charge in [0.05, 0.1) is 12.6 Å². The van der Waals surface area contributed by atoms with Crippen LogP contribution in [0.5, 0.6) is 0 Å². The van der Waals surface area contributed by atoms with E-state index in [1.54, 1.807) is 6.92 Å². The smallest absolute Gasteiger partial charge is 0.323 e. The fourth-order valence-corrected chi connectivity index (χ4v) is 2.08. The Morgan fingerprint density at radius 2 is 2.00 bits per heavy atom. The van der Waals surface area contributed by atoms with Crippen molar-refractivity contribution in [2.24, 2.45) is 0 Å². The quantitative estimate of drug-likeness (QED) is 0.675. The molecule has 4 nitrogen and oxygen atoms in total. The van der Waals surface area contributed by atoms with Crippen molar-refractivity contribution in [2.45, 2.75) is 44.7 Å². The van der Waals surface area contributed by atoms with Crippen LogP contribution >= 0.6 is 0 Å². The first kappa shape index (κ1) is 15.7. The molecule has 0 fully saturated rings. The van der Waals surface area contributed by atoms with E-state index in [4.69, 9.17) is 0 Å². The summed E-state index contributed by atoms with van der Waals surface area (Å²) in [4.78, 5) is 11.5. The number of unbranched alkanes of at least 4 members (excludes halogenated alkanes) is 1. The molecule has 0 saturated heterocycles. The number of aliphatic hydroxyl groups excluding tert-OH is 1. The molecule has 0 amide bonds. The highest BCUT2D eigenvalue weighted by atomic mass is 16.4. The summed E-state index contributed by atoms with van der Waals surface area (Å²) in [6.07, 6.45) is 2.32. The number of hydrogen-bond donors (Lipinski definition) is 3. The number of carbonyl (C=O) groups is 1. The van der Waals surface area contributed by atoms with E-state index in [1.807, 2.05) is 37.3 Å². The zero-order valence-corrected chi connectivity index (χ0v) is 11.6. The van der Waals surface area contributed by atoms with Crippen LogP contribution in [0.4, 0.5) is 0 Å². The van der Waals surface area contributed by atoms with Gasteiger partial charge in [0.25, 0.3) is 0 Å². The molecule has 1 aromatic carbocycles. The van der Waals surface area contributed by atoms with E-state index in [0.717, 1.165) is 18.4 Å². The first-order valence-electron chi connectivity index (χ1n) is 6.70. The molecule has 0 unspecified atom stereocenters. The topological polar surface area (TPSA) is 69.6 Å². The average molecular weight is 265 g/mol. The van der Waals surface area contributed by atoms with E-state index in [9.17, 15) is 15.0 Å². The summed E-state index contributed by atoms with van der Waals surface area (Å²) in [5, 5.41) is 22.0. The second-order valence-electron chi connectivity index (χ2n) is 5.03.